The summed E-state index contributed by atoms with van der Waals surface area (Å²) in [4.78, 5) is 0. The fraction of sp³-hybridized carbons (Fsp3) is 0.0714. The molecule has 3 rings (SSSR count). The quantitative estimate of drug-likeness (QED) is 0.704. The average Bonchev–Trinajstić information content (AvgIpc) is 2.84. The molecule has 0 fully saturated rings. The highest BCUT2D eigenvalue weighted by atomic mass is 79.9. The SMILES string of the molecule is COc1cc(-n2ncc3cc(Br)ccc32)cc(F)c1F. The maximum atomic E-state index is 13.6. The number of fused-ring (bicyclic) bond motifs is 1. The first-order valence-electron chi connectivity index (χ1n) is 5.77. The fourth-order valence-electron chi connectivity index (χ4n) is 2.03. The lowest BCUT2D eigenvalue weighted by atomic mass is 10.2. The van der Waals surface area contributed by atoms with Crippen LogP contribution in [0.25, 0.3) is 16.6 Å². The Morgan fingerprint density at radius 2 is 2.00 bits per heavy atom. The number of benzene rings is 2. The summed E-state index contributed by atoms with van der Waals surface area (Å²) in [7, 11) is 1.29. The molecule has 0 saturated carbocycles. The summed E-state index contributed by atoms with van der Waals surface area (Å²) in [5.41, 5.74) is 1.19. The molecule has 0 unspecified atom stereocenters. The Bertz CT molecular complexity index is 801. The van der Waals surface area contributed by atoms with E-state index in [-0.39, 0.29) is 5.75 Å². The van der Waals surface area contributed by atoms with Gasteiger partial charge in [-0.25, -0.2) is 9.07 Å². The first kappa shape index (κ1) is 13.1. The van der Waals surface area contributed by atoms with Crippen LogP contribution in [0.2, 0.25) is 0 Å². The molecule has 0 aliphatic rings. The van der Waals surface area contributed by atoms with E-state index in [1.165, 1.54) is 17.9 Å². The van der Waals surface area contributed by atoms with E-state index in [0.29, 0.717) is 5.69 Å². The molecule has 0 bridgehead atoms. The van der Waals surface area contributed by atoms with E-state index in [0.717, 1.165) is 21.4 Å². The standard InChI is InChI=1S/C14H9BrF2N2O/c1-20-13-6-10(5-11(16)14(13)17)19-12-3-2-9(15)4-8(12)7-18-19/h2-7H,1H3. The molecule has 0 N–H and O–H groups in total. The number of methoxy groups -OCH3 is 1. The van der Waals surface area contributed by atoms with Crippen molar-refractivity contribution in [1.82, 2.24) is 9.78 Å². The van der Waals surface area contributed by atoms with E-state index >= 15 is 0 Å². The van der Waals surface area contributed by atoms with Gasteiger partial charge in [0, 0.05) is 22.0 Å². The zero-order valence-electron chi connectivity index (χ0n) is 10.4. The number of ether oxygens (including phenoxy) is 1. The second kappa shape index (κ2) is 4.86. The summed E-state index contributed by atoms with van der Waals surface area (Å²) in [5.74, 6) is -2.13. The monoisotopic (exact) mass is 338 g/mol. The molecule has 0 spiro atoms. The summed E-state index contributed by atoms with van der Waals surface area (Å²) in [5, 5.41) is 5.10. The summed E-state index contributed by atoms with van der Waals surface area (Å²) in [6, 6.07) is 8.10. The van der Waals surface area contributed by atoms with Crippen LogP contribution in [0.1, 0.15) is 0 Å². The van der Waals surface area contributed by atoms with Gasteiger partial charge in [-0.1, -0.05) is 15.9 Å². The first-order chi connectivity index (χ1) is 9.60. The van der Waals surface area contributed by atoms with Gasteiger partial charge in [-0.3, -0.25) is 0 Å². The molecule has 0 radical (unpaired) electrons. The maximum Gasteiger partial charge on any atom is 0.200 e. The van der Waals surface area contributed by atoms with E-state index in [4.69, 9.17) is 4.74 Å². The minimum Gasteiger partial charge on any atom is -0.493 e. The summed E-state index contributed by atoms with van der Waals surface area (Å²) >= 11 is 3.38. The smallest absolute Gasteiger partial charge is 0.200 e. The summed E-state index contributed by atoms with van der Waals surface area (Å²) < 4.78 is 34.3. The molecule has 0 amide bonds. The second-order valence-corrected chi connectivity index (χ2v) is 5.12. The second-order valence-electron chi connectivity index (χ2n) is 4.20. The average molecular weight is 339 g/mol. The number of nitrogens with zero attached hydrogens (tertiary/aromatic N) is 2. The van der Waals surface area contributed by atoms with Crippen LogP contribution < -0.4 is 4.74 Å². The Balaban J connectivity index is 2.23. The van der Waals surface area contributed by atoms with Crippen molar-refractivity contribution in [3.63, 3.8) is 0 Å². The fourth-order valence-corrected chi connectivity index (χ4v) is 2.41. The Morgan fingerprint density at radius 3 is 2.75 bits per heavy atom. The highest BCUT2D eigenvalue weighted by Crippen LogP contribution is 2.27. The Morgan fingerprint density at radius 1 is 1.20 bits per heavy atom. The lowest BCUT2D eigenvalue weighted by Crippen LogP contribution is -2.00. The molecule has 0 saturated heterocycles. The first-order valence-corrected chi connectivity index (χ1v) is 6.56. The Hall–Kier alpha value is -1.95. The third kappa shape index (κ3) is 2.06. The lowest BCUT2D eigenvalue weighted by molar-refractivity contribution is 0.371. The van der Waals surface area contributed by atoms with Crippen molar-refractivity contribution in [3.05, 3.63) is 52.6 Å². The number of halogens is 3. The van der Waals surface area contributed by atoms with Crippen molar-refractivity contribution in [2.45, 2.75) is 0 Å². The predicted molar refractivity (Wildman–Crippen MR) is 75.2 cm³/mol. The molecule has 6 heteroatoms. The molecule has 0 aliphatic heterocycles. The van der Waals surface area contributed by atoms with Crippen LogP contribution in [0.5, 0.6) is 5.75 Å². The van der Waals surface area contributed by atoms with Crippen molar-refractivity contribution in [1.29, 1.82) is 0 Å². The van der Waals surface area contributed by atoms with Crippen LogP contribution in [-0.2, 0) is 0 Å². The van der Waals surface area contributed by atoms with Crippen molar-refractivity contribution < 1.29 is 13.5 Å². The van der Waals surface area contributed by atoms with Crippen molar-refractivity contribution in [2.75, 3.05) is 7.11 Å². The van der Waals surface area contributed by atoms with Gasteiger partial charge in [0.25, 0.3) is 0 Å². The number of hydrogen-bond donors (Lipinski definition) is 0. The molecule has 20 heavy (non-hydrogen) atoms. The molecule has 3 nitrogen and oxygen atoms in total. The van der Waals surface area contributed by atoms with Crippen molar-refractivity contribution in [3.8, 4) is 11.4 Å². The van der Waals surface area contributed by atoms with Gasteiger partial charge in [-0.15, -0.1) is 0 Å². The van der Waals surface area contributed by atoms with Gasteiger partial charge in [-0.2, -0.15) is 9.49 Å². The number of hydrogen-bond acceptors (Lipinski definition) is 2. The van der Waals surface area contributed by atoms with Gasteiger partial charge in [0.2, 0.25) is 5.82 Å². The minimum absolute atomic E-state index is 0.152. The number of rotatable bonds is 2. The molecule has 102 valence electrons. The van der Waals surface area contributed by atoms with Gasteiger partial charge in [-0.05, 0) is 18.2 Å². The van der Waals surface area contributed by atoms with Crippen molar-refractivity contribution >= 4 is 26.8 Å². The predicted octanol–water partition coefficient (Wildman–Crippen LogP) is 4.07. The van der Waals surface area contributed by atoms with E-state index in [1.54, 1.807) is 6.20 Å². The molecule has 2 aromatic carbocycles. The third-order valence-electron chi connectivity index (χ3n) is 2.97. The van der Waals surface area contributed by atoms with Gasteiger partial charge < -0.3 is 4.74 Å². The Kier molecular flexibility index (Phi) is 3.17. The zero-order chi connectivity index (χ0) is 14.3. The van der Waals surface area contributed by atoms with Gasteiger partial charge in [0.1, 0.15) is 0 Å². The lowest BCUT2D eigenvalue weighted by Gasteiger charge is -2.08. The van der Waals surface area contributed by atoms with Gasteiger partial charge in [0.05, 0.1) is 24.5 Å². The van der Waals surface area contributed by atoms with E-state index in [2.05, 4.69) is 21.0 Å². The number of aromatic nitrogens is 2. The van der Waals surface area contributed by atoms with Gasteiger partial charge in [0.15, 0.2) is 11.6 Å². The molecule has 1 heterocycles. The van der Waals surface area contributed by atoms with Gasteiger partial charge >= 0.3 is 0 Å². The van der Waals surface area contributed by atoms with Crippen LogP contribution in [0, 0.1) is 11.6 Å². The normalized spacial score (nSPS) is 11.0. The van der Waals surface area contributed by atoms with Crippen LogP contribution in [-0.4, -0.2) is 16.9 Å². The Labute approximate surface area is 121 Å². The van der Waals surface area contributed by atoms with Crippen molar-refractivity contribution in [2.24, 2.45) is 0 Å². The van der Waals surface area contributed by atoms with Crippen LogP contribution >= 0.6 is 15.9 Å². The maximum absolute atomic E-state index is 13.6. The topological polar surface area (TPSA) is 27.1 Å². The zero-order valence-corrected chi connectivity index (χ0v) is 12.0. The van der Waals surface area contributed by atoms with Crippen LogP contribution in [0.3, 0.4) is 0 Å². The molecule has 0 aliphatic carbocycles. The van der Waals surface area contributed by atoms with E-state index in [9.17, 15) is 8.78 Å². The van der Waals surface area contributed by atoms with E-state index in [1.807, 2.05) is 18.2 Å². The summed E-state index contributed by atoms with van der Waals surface area (Å²) in [6.45, 7) is 0. The van der Waals surface area contributed by atoms with Crippen LogP contribution in [0.15, 0.2) is 41.0 Å². The minimum atomic E-state index is -1.00. The molecule has 0 atom stereocenters. The highest BCUT2D eigenvalue weighted by Gasteiger charge is 2.14. The third-order valence-corrected chi connectivity index (χ3v) is 3.47. The molecule has 1 aromatic heterocycles. The highest BCUT2D eigenvalue weighted by molar-refractivity contribution is 9.10. The largest absolute Gasteiger partial charge is 0.493 e. The molecular formula is C14H9BrF2N2O. The van der Waals surface area contributed by atoms with Crippen LogP contribution in [0.4, 0.5) is 8.78 Å². The molecule has 3 aromatic rings. The summed E-state index contributed by atoms with van der Waals surface area (Å²) in [6.07, 6.45) is 1.66. The van der Waals surface area contributed by atoms with E-state index < -0.39 is 11.6 Å². The molecular weight excluding hydrogens is 330 g/mol.